The highest BCUT2D eigenvalue weighted by Gasteiger charge is 2.21. The molecule has 7 nitrogen and oxygen atoms in total. The Morgan fingerprint density at radius 1 is 0.921 bits per heavy atom. The highest BCUT2D eigenvalue weighted by molar-refractivity contribution is 6.31. The quantitative estimate of drug-likeness (QED) is 0.234. The molecule has 4 aromatic rings. The van der Waals surface area contributed by atoms with Crippen molar-refractivity contribution in [2.24, 2.45) is 0 Å². The number of nitrogens with one attached hydrogen (secondary N) is 2. The predicted octanol–water partition coefficient (Wildman–Crippen LogP) is 8.14. The van der Waals surface area contributed by atoms with Crippen LogP contribution in [0.5, 0.6) is 11.6 Å². The van der Waals surface area contributed by atoms with Crippen molar-refractivity contribution in [2.45, 2.75) is 33.1 Å². The first-order valence-corrected chi connectivity index (χ1v) is 12.3. The van der Waals surface area contributed by atoms with Gasteiger partial charge in [0, 0.05) is 28.0 Å². The number of hydrogen-bond donors (Lipinski definition) is 3. The lowest BCUT2D eigenvalue weighted by Crippen LogP contribution is -2.20. The van der Waals surface area contributed by atoms with Crippen LogP contribution in [0.25, 0.3) is 11.1 Å². The second kappa shape index (κ2) is 10.9. The molecule has 4 rings (SSSR count). The van der Waals surface area contributed by atoms with Gasteiger partial charge in [0.15, 0.2) is 0 Å². The molecule has 0 radical (unpaired) electrons. The first-order valence-electron chi connectivity index (χ1n) is 12.0. The lowest BCUT2D eigenvalue weighted by Gasteiger charge is -2.23. The van der Waals surface area contributed by atoms with Crippen LogP contribution in [0.4, 0.5) is 16.2 Å². The number of carboxylic acid groups (broad SMARTS) is 1. The normalized spacial score (nSPS) is 11.1. The van der Waals surface area contributed by atoms with E-state index in [1.54, 1.807) is 30.5 Å². The van der Waals surface area contributed by atoms with E-state index >= 15 is 0 Å². The monoisotopic (exact) mass is 529 g/mol. The van der Waals surface area contributed by atoms with Gasteiger partial charge in [0.2, 0.25) is 5.88 Å². The Labute approximate surface area is 226 Å². The van der Waals surface area contributed by atoms with Gasteiger partial charge < -0.3 is 20.5 Å². The average molecular weight is 530 g/mol. The van der Waals surface area contributed by atoms with Gasteiger partial charge in [-0.05, 0) is 60.4 Å². The summed E-state index contributed by atoms with van der Waals surface area (Å²) in [7, 11) is 0. The Morgan fingerprint density at radius 3 is 2.32 bits per heavy atom. The largest absolute Gasteiger partial charge is 0.478 e. The summed E-state index contributed by atoms with van der Waals surface area (Å²) in [4.78, 5) is 29.0. The molecule has 8 heteroatoms. The van der Waals surface area contributed by atoms with Crippen LogP contribution in [-0.2, 0) is 5.41 Å². The van der Waals surface area contributed by atoms with Crippen LogP contribution in [0.1, 0.15) is 42.3 Å². The van der Waals surface area contributed by atoms with E-state index in [1.807, 2.05) is 43.3 Å². The minimum Gasteiger partial charge on any atom is -0.478 e. The van der Waals surface area contributed by atoms with E-state index in [-0.39, 0.29) is 21.9 Å². The second-order valence-electron chi connectivity index (χ2n) is 9.90. The lowest BCUT2D eigenvalue weighted by atomic mass is 9.86. The Balaban J connectivity index is 1.74. The van der Waals surface area contributed by atoms with Gasteiger partial charge in [-0.1, -0.05) is 68.3 Å². The third kappa shape index (κ3) is 6.49. The number of ether oxygens (including phenoxy) is 1. The van der Waals surface area contributed by atoms with E-state index in [2.05, 4.69) is 36.4 Å². The number of para-hydroxylation sites is 1. The van der Waals surface area contributed by atoms with Crippen molar-refractivity contribution < 1.29 is 19.4 Å². The molecule has 0 fully saturated rings. The predicted molar refractivity (Wildman–Crippen MR) is 151 cm³/mol. The highest BCUT2D eigenvalue weighted by Crippen LogP contribution is 2.37. The summed E-state index contributed by atoms with van der Waals surface area (Å²) in [6.45, 7) is 8.21. The molecule has 38 heavy (non-hydrogen) atoms. The highest BCUT2D eigenvalue weighted by atomic mass is 35.5. The lowest BCUT2D eigenvalue weighted by molar-refractivity contribution is 0.0697. The molecule has 2 amide bonds. The molecule has 3 N–H and O–H groups in total. The van der Waals surface area contributed by atoms with Gasteiger partial charge >= 0.3 is 12.0 Å². The maximum absolute atomic E-state index is 12.9. The van der Waals surface area contributed by atoms with Crippen molar-refractivity contribution in [3.63, 3.8) is 0 Å². The SMILES string of the molecule is Cc1ccc(NC(=O)Nc2cc(-c3cc(Cl)cc(C(=O)O)c3)cnc2Oc2ccccc2C(C)(C)C)cc1. The van der Waals surface area contributed by atoms with Crippen molar-refractivity contribution in [3.8, 4) is 22.8 Å². The van der Waals surface area contributed by atoms with Gasteiger partial charge in [-0.3, -0.25) is 0 Å². The summed E-state index contributed by atoms with van der Waals surface area (Å²) in [6, 6.07) is 20.7. The van der Waals surface area contributed by atoms with Gasteiger partial charge in [-0.25, -0.2) is 14.6 Å². The fourth-order valence-corrected chi connectivity index (χ4v) is 4.10. The summed E-state index contributed by atoms with van der Waals surface area (Å²) in [6.07, 6.45) is 1.55. The topological polar surface area (TPSA) is 101 Å². The van der Waals surface area contributed by atoms with Crippen molar-refractivity contribution in [1.29, 1.82) is 0 Å². The van der Waals surface area contributed by atoms with Crippen molar-refractivity contribution >= 4 is 35.0 Å². The number of anilines is 2. The van der Waals surface area contributed by atoms with Gasteiger partial charge in [-0.2, -0.15) is 0 Å². The minimum absolute atomic E-state index is 0.0403. The summed E-state index contributed by atoms with van der Waals surface area (Å²) in [5, 5.41) is 15.4. The number of aromatic nitrogens is 1. The third-order valence-corrected chi connectivity index (χ3v) is 6.01. The van der Waals surface area contributed by atoms with Crippen molar-refractivity contribution in [3.05, 3.63) is 101 Å². The second-order valence-corrected chi connectivity index (χ2v) is 10.3. The fraction of sp³-hybridized carbons (Fsp3) is 0.167. The number of carbonyl (C=O) groups excluding carboxylic acids is 1. The molecule has 0 spiro atoms. The number of aromatic carboxylic acids is 1. The zero-order valence-electron chi connectivity index (χ0n) is 21.5. The fourth-order valence-electron chi connectivity index (χ4n) is 3.86. The Hall–Kier alpha value is -4.36. The number of amides is 2. The molecule has 0 unspecified atom stereocenters. The van der Waals surface area contributed by atoms with Crippen molar-refractivity contribution in [1.82, 2.24) is 4.98 Å². The third-order valence-electron chi connectivity index (χ3n) is 5.79. The van der Waals surface area contributed by atoms with Crippen LogP contribution >= 0.6 is 11.6 Å². The van der Waals surface area contributed by atoms with Gasteiger partial charge in [0.25, 0.3) is 0 Å². The van der Waals surface area contributed by atoms with E-state index < -0.39 is 12.0 Å². The van der Waals surface area contributed by atoms with Gasteiger partial charge in [-0.15, -0.1) is 0 Å². The number of carboxylic acids is 1. The van der Waals surface area contributed by atoms with E-state index in [0.29, 0.717) is 28.3 Å². The molecule has 1 aromatic heterocycles. The first-order chi connectivity index (χ1) is 18.0. The average Bonchev–Trinajstić information content (AvgIpc) is 2.85. The van der Waals surface area contributed by atoms with E-state index in [4.69, 9.17) is 16.3 Å². The van der Waals surface area contributed by atoms with Crippen LogP contribution in [0, 0.1) is 6.92 Å². The number of aryl methyl sites for hydroxylation is 1. The van der Waals surface area contributed by atoms with Crippen molar-refractivity contribution in [2.75, 3.05) is 10.6 Å². The number of rotatable bonds is 6. The molecule has 0 saturated heterocycles. The number of benzene rings is 3. The zero-order valence-corrected chi connectivity index (χ0v) is 22.3. The number of nitrogens with zero attached hydrogens (tertiary/aromatic N) is 1. The summed E-state index contributed by atoms with van der Waals surface area (Å²) >= 11 is 6.18. The molecule has 0 aliphatic heterocycles. The number of halogens is 1. The molecule has 3 aromatic carbocycles. The molecule has 194 valence electrons. The molecular formula is C30H28ClN3O4. The molecule has 1 heterocycles. The van der Waals surface area contributed by atoms with Crippen LogP contribution in [-0.4, -0.2) is 22.1 Å². The first kappa shape index (κ1) is 26.7. The maximum atomic E-state index is 12.9. The summed E-state index contributed by atoms with van der Waals surface area (Å²) in [5.41, 5.74) is 3.90. The molecule has 0 aliphatic carbocycles. The van der Waals surface area contributed by atoms with Gasteiger partial charge in [0.05, 0.1) is 5.56 Å². The minimum atomic E-state index is -1.10. The Kier molecular flexibility index (Phi) is 7.69. The van der Waals surface area contributed by atoms with Crippen LogP contribution in [0.3, 0.4) is 0 Å². The van der Waals surface area contributed by atoms with Crippen LogP contribution in [0.2, 0.25) is 5.02 Å². The number of hydrogen-bond acceptors (Lipinski definition) is 4. The molecular weight excluding hydrogens is 502 g/mol. The zero-order chi connectivity index (χ0) is 27.4. The van der Waals surface area contributed by atoms with Crippen LogP contribution < -0.4 is 15.4 Å². The Morgan fingerprint density at radius 2 is 1.63 bits per heavy atom. The van der Waals surface area contributed by atoms with E-state index in [9.17, 15) is 14.7 Å². The summed E-state index contributed by atoms with van der Waals surface area (Å²) < 4.78 is 6.24. The Bertz CT molecular complexity index is 1490. The molecule has 0 bridgehead atoms. The molecule has 0 aliphatic rings. The smallest absolute Gasteiger partial charge is 0.335 e. The van der Waals surface area contributed by atoms with E-state index in [0.717, 1.165) is 11.1 Å². The number of pyridine rings is 1. The number of urea groups is 1. The molecule has 0 saturated carbocycles. The summed E-state index contributed by atoms with van der Waals surface area (Å²) in [5.74, 6) is -0.306. The standard InChI is InChI=1S/C30H28ClN3O4/c1-18-9-11-23(12-10-18)33-29(37)34-25-16-21(19-13-20(28(35)36)15-22(31)14-19)17-32-27(25)38-26-8-6-5-7-24(26)30(2,3)4/h5-17H,1-4H3,(H,35,36)(H2,33,34,37). The van der Waals surface area contributed by atoms with E-state index in [1.165, 1.54) is 12.1 Å². The maximum Gasteiger partial charge on any atom is 0.335 e. The molecule has 0 atom stereocenters. The van der Waals surface area contributed by atoms with Crippen LogP contribution in [0.15, 0.2) is 79.0 Å². The van der Waals surface area contributed by atoms with Gasteiger partial charge in [0.1, 0.15) is 11.4 Å². The number of carbonyl (C=O) groups is 2.